The molecule has 0 heterocycles. The Hall–Kier alpha value is -1.60. The van der Waals surface area contributed by atoms with Gasteiger partial charge in [-0.3, -0.25) is 9.59 Å². The Morgan fingerprint density at radius 1 is 1.05 bits per heavy atom. The zero-order valence-corrected chi connectivity index (χ0v) is 14.5. The number of carbonyl (C=O) groups excluding carboxylic acids is 2. The molecule has 0 saturated carbocycles. The van der Waals surface area contributed by atoms with Crippen LogP contribution in [0.4, 0.5) is 0 Å². The van der Waals surface area contributed by atoms with Crippen molar-refractivity contribution in [2.75, 3.05) is 6.54 Å². The van der Waals surface area contributed by atoms with Crippen LogP contribution in [0.25, 0.3) is 0 Å². The van der Waals surface area contributed by atoms with Gasteiger partial charge >= 0.3 is 0 Å². The fourth-order valence-electron chi connectivity index (χ4n) is 1.79. The first-order valence-electron chi connectivity index (χ1n) is 6.60. The van der Waals surface area contributed by atoms with Gasteiger partial charge in [-0.25, -0.2) is 0 Å². The lowest BCUT2D eigenvalue weighted by Crippen LogP contribution is -2.36. The summed E-state index contributed by atoms with van der Waals surface area (Å²) in [5.74, 6) is -0.530. The van der Waals surface area contributed by atoms with Gasteiger partial charge in [-0.2, -0.15) is 0 Å². The largest absolute Gasteiger partial charge is 0.350 e. The minimum atomic E-state index is -0.295. The standard InChI is InChI=1S/C16H14ClIN2O2/c17-12-6-7-13(14(18)8-12)16(22)20-10-15(21)19-9-11-4-2-1-3-5-11/h1-8H,9-10H2,(H,19,21)(H,20,22). The summed E-state index contributed by atoms with van der Waals surface area (Å²) in [6.07, 6.45) is 0. The SMILES string of the molecule is O=C(CNC(=O)c1ccc(Cl)cc1I)NCc1ccccc1. The third-order valence-corrected chi connectivity index (χ3v) is 4.05. The molecule has 4 nitrogen and oxygen atoms in total. The predicted molar refractivity (Wildman–Crippen MR) is 94.8 cm³/mol. The van der Waals surface area contributed by atoms with Crippen molar-refractivity contribution >= 4 is 46.0 Å². The van der Waals surface area contributed by atoms with Gasteiger partial charge in [0.25, 0.3) is 5.91 Å². The van der Waals surface area contributed by atoms with Gasteiger partial charge in [0.2, 0.25) is 5.91 Å². The molecule has 0 fully saturated rings. The average Bonchev–Trinajstić information content (AvgIpc) is 2.51. The molecule has 2 rings (SSSR count). The first-order valence-corrected chi connectivity index (χ1v) is 8.06. The van der Waals surface area contributed by atoms with E-state index in [9.17, 15) is 9.59 Å². The van der Waals surface area contributed by atoms with E-state index in [1.165, 1.54) is 0 Å². The quantitative estimate of drug-likeness (QED) is 0.720. The number of hydrogen-bond acceptors (Lipinski definition) is 2. The van der Waals surface area contributed by atoms with Crippen molar-refractivity contribution in [3.8, 4) is 0 Å². The van der Waals surface area contributed by atoms with E-state index in [0.717, 1.165) is 9.13 Å². The van der Waals surface area contributed by atoms with Crippen LogP contribution in [-0.4, -0.2) is 18.4 Å². The van der Waals surface area contributed by atoms with Crippen LogP contribution < -0.4 is 10.6 Å². The average molecular weight is 429 g/mol. The van der Waals surface area contributed by atoms with Crippen LogP contribution in [0.1, 0.15) is 15.9 Å². The Labute approximate surface area is 147 Å². The lowest BCUT2D eigenvalue weighted by atomic mass is 10.2. The molecule has 2 amide bonds. The molecule has 2 aromatic carbocycles. The highest BCUT2D eigenvalue weighted by atomic mass is 127. The molecule has 6 heteroatoms. The minimum absolute atomic E-state index is 0.0651. The third kappa shape index (κ3) is 4.99. The van der Waals surface area contributed by atoms with Crippen molar-refractivity contribution in [1.82, 2.24) is 10.6 Å². The first-order chi connectivity index (χ1) is 10.6. The molecule has 22 heavy (non-hydrogen) atoms. The molecule has 0 bridgehead atoms. The third-order valence-electron chi connectivity index (χ3n) is 2.92. The van der Waals surface area contributed by atoms with E-state index in [-0.39, 0.29) is 18.4 Å². The second kappa shape index (κ2) is 8.14. The second-order valence-electron chi connectivity index (χ2n) is 4.57. The molecule has 0 aliphatic carbocycles. The number of amides is 2. The molecule has 0 atom stereocenters. The van der Waals surface area contributed by atoms with Gasteiger partial charge in [0, 0.05) is 15.1 Å². The fourth-order valence-corrected chi connectivity index (χ4v) is 2.90. The highest BCUT2D eigenvalue weighted by Gasteiger charge is 2.11. The summed E-state index contributed by atoms with van der Waals surface area (Å²) in [6, 6.07) is 14.6. The number of carbonyl (C=O) groups is 2. The Morgan fingerprint density at radius 2 is 1.77 bits per heavy atom. The number of hydrogen-bond donors (Lipinski definition) is 2. The maximum atomic E-state index is 12.0. The summed E-state index contributed by atoms with van der Waals surface area (Å²) in [4.78, 5) is 23.8. The normalized spacial score (nSPS) is 10.1. The summed E-state index contributed by atoms with van der Waals surface area (Å²) in [7, 11) is 0. The zero-order chi connectivity index (χ0) is 15.9. The molecule has 0 spiro atoms. The molecule has 0 aliphatic rings. The number of benzene rings is 2. The summed E-state index contributed by atoms with van der Waals surface area (Å²) < 4.78 is 0.743. The Kier molecular flexibility index (Phi) is 6.21. The Bertz CT molecular complexity index is 677. The molecule has 0 aromatic heterocycles. The van der Waals surface area contributed by atoms with Crippen molar-refractivity contribution in [1.29, 1.82) is 0 Å². The van der Waals surface area contributed by atoms with E-state index < -0.39 is 0 Å². The van der Waals surface area contributed by atoms with E-state index in [1.54, 1.807) is 18.2 Å². The van der Waals surface area contributed by atoms with Crippen molar-refractivity contribution < 1.29 is 9.59 Å². The molecule has 0 aliphatic heterocycles. The molecule has 0 saturated heterocycles. The first kappa shape index (κ1) is 16.8. The van der Waals surface area contributed by atoms with Gasteiger partial charge in [-0.05, 0) is 46.4 Å². The molecule has 2 aromatic rings. The molecule has 0 radical (unpaired) electrons. The van der Waals surface area contributed by atoms with E-state index >= 15 is 0 Å². The van der Waals surface area contributed by atoms with Gasteiger partial charge in [0.1, 0.15) is 0 Å². The van der Waals surface area contributed by atoms with Gasteiger partial charge in [0.05, 0.1) is 12.1 Å². The van der Waals surface area contributed by atoms with E-state index in [1.807, 2.05) is 52.9 Å². The smallest absolute Gasteiger partial charge is 0.252 e. The minimum Gasteiger partial charge on any atom is -0.350 e. The lowest BCUT2D eigenvalue weighted by Gasteiger charge is -2.08. The number of rotatable bonds is 5. The van der Waals surface area contributed by atoms with E-state index in [0.29, 0.717) is 17.1 Å². The van der Waals surface area contributed by atoms with Crippen molar-refractivity contribution in [2.24, 2.45) is 0 Å². The highest BCUT2D eigenvalue weighted by Crippen LogP contribution is 2.17. The second-order valence-corrected chi connectivity index (χ2v) is 6.17. The van der Waals surface area contributed by atoms with Gasteiger partial charge in [-0.1, -0.05) is 41.9 Å². The Morgan fingerprint density at radius 3 is 2.45 bits per heavy atom. The Balaban J connectivity index is 1.82. The van der Waals surface area contributed by atoms with Crippen molar-refractivity contribution in [3.63, 3.8) is 0 Å². The number of nitrogens with one attached hydrogen (secondary N) is 2. The summed E-state index contributed by atoms with van der Waals surface area (Å²) in [5, 5.41) is 5.92. The van der Waals surface area contributed by atoms with Crippen LogP contribution in [0.15, 0.2) is 48.5 Å². The summed E-state index contributed by atoms with van der Waals surface area (Å²) in [5.41, 5.74) is 1.51. The maximum Gasteiger partial charge on any atom is 0.252 e. The van der Waals surface area contributed by atoms with Gasteiger partial charge in [-0.15, -0.1) is 0 Å². The zero-order valence-electron chi connectivity index (χ0n) is 11.6. The fraction of sp³-hybridized carbons (Fsp3) is 0.125. The van der Waals surface area contributed by atoms with Gasteiger partial charge in [0.15, 0.2) is 0 Å². The lowest BCUT2D eigenvalue weighted by molar-refractivity contribution is -0.120. The molecule has 0 unspecified atom stereocenters. The van der Waals surface area contributed by atoms with Crippen LogP contribution >= 0.6 is 34.2 Å². The summed E-state index contributed by atoms with van der Waals surface area (Å²) in [6.45, 7) is 0.373. The van der Waals surface area contributed by atoms with Crippen molar-refractivity contribution in [2.45, 2.75) is 6.54 Å². The van der Waals surface area contributed by atoms with E-state index in [4.69, 9.17) is 11.6 Å². The van der Waals surface area contributed by atoms with Crippen LogP contribution in [-0.2, 0) is 11.3 Å². The topological polar surface area (TPSA) is 58.2 Å². The maximum absolute atomic E-state index is 12.0. The van der Waals surface area contributed by atoms with Gasteiger partial charge < -0.3 is 10.6 Å². The van der Waals surface area contributed by atoms with Crippen LogP contribution in [0.2, 0.25) is 5.02 Å². The number of halogens is 2. The van der Waals surface area contributed by atoms with Crippen LogP contribution in [0.5, 0.6) is 0 Å². The molecule has 2 N–H and O–H groups in total. The highest BCUT2D eigenvalue weighted by molar-refractivity contribution is 14.1. The molecular formula is C16H14ClIN2O2. The summed E-state index contributed by atoms with van der Waals surface area (Å²) >= 11 is 7.88. The molecule has 114 valence electrons. The monoisotopic (exact) mass is 428 g/mol. The van der Waals surface area contributed by atoms with E-state index in [2.05, 4.69) is 10.6 Å². The van der Waals surface area contributed by atoms with Crippen LogP contribution in [0, 0.1) is 3.57 Å². The van der Waals surface area contributed by atoms with Crippen LogP contribution in [0.3, 0.4) is 0 Å². The predicted octanol–water partition coefficient (Wildman–Crippen LogP) is 2.99. The van der Waals surface area contributed by atoms with Crippen molar-refractivity contribution in [3.05, 3.63) is 68.3 Å². The molecular weight excluding hydrogens is 415 g/mol.